The molecule has 0 aromatic heterocycles. The minimum atomic E-state index is -0.843. The summed E-state index contributed by atoms with van der Waals surface area (Å²) in [4.78, 5) is 24.7. The number of nitrogens with zero attached hydrogens (tertiary/aromatic N) is 1. The molecule has 3 N–H and O–H groups in total. The lowest BCUT2D eigenvalue weighted by Crippen LogP contribution is -2.48. The smallest absolute Gasteiger partial charge is 0.317 e. The minimum Gasteiger partial charge on any atom is -0.481 e. The van der Waals surface area contributed by atoms with Gasteiger partial charge in [0.2, 0.25) is 0 Å². The number of hydrogen-bond donors (Lipinski definition) is 3. The Kier molecular flexibility index (Phi) is 6.62. The number of carbonyl (C=O) groups is 2. The summed E-state index contributed by atoms with van der Waals surface area (Å²) in [6.07, 6.45) is 4.01. The first-order valence-electron chi connectivity index (χ1n) is 6.99. The molecule has 110 valence electrons. The van der Waals surface area contributed by atoms with Gasteiger partial charge in [-0.2, -0.15) is 0 Å². The van der Waals surface area contributed by atoms with Crippen LogP contribution < -0.4 is 5.32 Å². The van der Waals surface area contributed by atoms with Crippen molar-refractivity contribution in [3.63, 3.8) is 0 Å². The van der Waals surface area contributed by atoms with Crippen molar-refractivity contribution in [2.24, 2.45) is 5.92 Å². The molecule has 1 aliphatic carbocycles. The van der Waals surface area contributed by atoms with Gasteiger partial charge in [0.25, 0.3) is 0 Å². The summed E-state index contributed by atoms with van der Waals surface area (Å²) in [5.41, 5.74) is 0. The maximum absolute atomic E-state index is 12.1. The molecule has 0 saturated heterocycles. The van der Waals surface area contributed by atoms with E-state index in [0.717, 1.165) is 19.3 Å². The zero-order chi connectivity index (χ0) is 14.3. The lowest BCUT2D eigenvalue weighted by atomic mass is 10.0. The Morgan fingerprint density at radius 1 is 1.32 bits per heavy atom. The van der Waals surface area contributed by atoms with E-state index in [4.69, 9.17) is 10.2 Å². The first-order valence-corrected chi connectivity index (χ1v) is 6.99. The highest BCUT2D eigenvalue weighted by molar-refractivity contribution is 5.77. The minimum absolute atomic E-state index is 0.0792. The summed E-state index contributed by atoms with van der Waals surface area (Å²) in [7, 11) is 0. The molecule has 1 fully saturated rings. The summed E-state index contributed by atoms with van der Waals surface area (Å²) in [5.74, 6) is -1.32. The number of urea groups is 1. The van der Waals surface area contributed by atoms with Crippen LogP contribution in [0.1, 0.15) is 39.0 Å². The SMILES string of the molecule is CCCCN(CCO)C(=O)NC1CCCC1C(=O)O. The van der Waals surface area contributed by atoms with Crippen molar-refractivity contribution in [1.82, 2.24) is 10.2 Å². The molecule has 19 heavy (non-hydrogen) atoms. The van der Waals surface area contributed by atoms with Crippen molar-refractivity contribution in [2.75, 3.05) is 19.7 Å². The number of aliphatic hydroxyl groups excluding tert-OH is 1. The van der Waals surface area contributed by atoms with Crippen LogP contribution in [0.15, 0.2) is 0 Å². The third kappa shape index (κ3) is 4.70. The second kappa shape index (κ2) is 7.99. The molecule has 6 nitrogen and oxygen atoms in total. The first-order chi connectivity index (χ1) is 9.10. The van der Waals surface area contributed by atoms with Gasteiger partial charge in [-0.05, 0) is 19.3 Å². The molecule has 2 amide bonds. The molecule has 0 spiro atoms. The largest absolute Gasteiger partial charge is 0.481 e. The second-order valence-corrected chi connectivity index (χ2v) is 5.00. The molecule has 2 unspecified atom stereocenters. The van der Waals surface area contributed by atoms with Gasteiger partial charge < -0.3 is 20.4 Å². The number of nitrogens with one attached hydrogen (secondary N) is 1. The molecule has 6 heteroatoms. The van der Waals surface area contributed by atoms with Crippen molar-refractivity contribution in [3.8, 4) is 0 Å². The van der Waals surface area contributed by atoms with Gasteiger partial charge in [-0.3, -0.25) is 4.79 Å². The predicted molar refractivity (Wildman–Crippen MR) is 70.9 cm³/mol. The Bertz CT molecular complexity index is 309. The standard InChI is InChI=1S/C13H24N2O4/c1-2-3-7-15(8-9-16)13(19)14-11-6-4-5-10(11)12(17)18/h10-11,16H,2-9H2,1H3,(H,14,19)(H,17,18). The molecule has 0 aromatic rings. The average Bonchev–Trinajstić information content (AvgIpc) is 2.82. The fourth-order valence-electron chi connectivity index (χ4n) is 2.46. The topological polar surface area (TPSA) is 89.9 Å². The van der Waals surface area contributed by atoms with Gasteiger partial charge in [0, 0.05) is 19.1 Å². The monoisotopic (exact) mass is 272 g/mol. The van der Waals surface area contributed by atoms with E-state index in [9.17, 15) is 9.59 Å². The molecule has 1 rings (SSSR count). The van der Waals surface area contributed by atoms with Gasteiger partial charge in [0.05, 0.1) is 12.5 Å². The predicted octanol–water partition coefficient (Wildman–Crippen LogP) is 1.04. The van der Waals surface area contributed by atoms with Gasteiger partial charge in [-0.25, -0.2) is 4.79 Å². The quantitative estimate of drug-likeness (QED) is 0.646. The molecule has 0 radical (unpaired) electrons. The van der Waals surface area contributed by atoms with Crippen LogP contribution >= 0.6 is 0 Å². The summed E-state index contributed by atoms with van der Waals surface area (Å²) in [5, 5.41) is 20.8. The van der Waals surface area contributed by atoms with E-state index in [1.54, 1.807) is 4.90 Å². The number of aliphatic carboxylic acids is 1. The van der Waals surface area contributed by atoms with Gasteiger partial charge in [0.1, 0.15) is 0 Å². The van der Waals surface area contributed by atoms with Crippen molar-refractivity contribution in [2.45, 2.75) is 45.1 Å². The van der Waals surface area contributed by atoms with Crippen LogP contribution in [-0.4, -0.2) is 52.9 Å². The van der Waals surface area contributed by atoms with Crippen molar-refractivity contribution in [3.05, 3.63) is 0 Å². The van der Waals surface area contributed by atoms with E-state index in [-0.39, 0.29) is 25.2 Å². The number of hydrogen-bond acceptors (Lipinski definition) is 3. The highest BCUT2D eigenvalue weighted by atomic mass is 16.4. The van der Waals surface area contributed by atoms with Gasteiger partial charge >= 0.3 is 12.0 Å². The summed E-state index contributed by atoms with van der Waals surface area (Å²) in [6.45, 7) is 2.83. The number of rotatable bonds is 7. The van der Waals surface area contributed by atoms with Crippen LogP contribution in [0.2, 0.25) is 0 Å². The van der Waals surface area contributed by atoms with Crippen LogP contribution in [0.5, 0.6) is 0 Å². The zero-order valence-electron chi connectivity index (χ0n) is 11.5. The molecule has 0 bridgehead atoms. The van der Waals surface area contributed by atoms with Crippen LogP contribution in [0, 0.1) is 5.92 Å². The maximum atomic E-state index is 12.1. The average molecular weight is 272 g/mol. The Balaban J connectivity index is 2.52. The molecule has 1 aliphatic rings. The van der Waals surface area contributed by atoms with Crippen molar-refractivity contribution in [1.29, 1.82) is 0 Å². The third-order valence-corrected chi connectivity index (χ3v) is 3.58. The van der Waals surface area contributed by atoms with E-state index < -0.39 is 11.9 Å². The molecular weight excluding hydrogens is 248 g/mol. The Labute approximate surface area is 113 Å². The van der Waals surface area contributed by atoms with Crippen molar-refractivity contribution < 1.29 is 19.8 Å². The Morgan fingerprint density at radius 3 is 2.63 bits per heavy atom. The van der Waals surface area contributed by atoms with Gasteiger partial charge in [-0.15, -0.1) is 0 Å². The van der Waals surface area contributed by atoms with Crippen molar-refractivity contribution >= 4 is 12.0 Å². The maximum Gasteiger partial charge on any atom is 0.317 e. The van der Waals surface area contributed by atoms with Crippen LogP contribution in [0.25, 0.3) is 0 Å². The fourth-order valence-corrected chi connectivity index (χ4v) is 2.46. The van der Waals surface area contributed by atoms with E-state index in [2.05, 4.69) is 5.32 Å². The molecule has 0 heterocycles. The highest BCUT2D eigenvalue weighted by Crippen LogP contribution is 2.25. The molecular formula is C13H24N2O4. The Morgan fingerprint density at radius 2 is 2.05 bits per heavy atom. The fraction of sp³-hybridized carbons (Fsp3) is 0.846. The van der Waals surface area contributed by atoms with Crippen LogP contribution in [0.4, 0.5) is 4.79 Å². The van der Waals surface area contributed by atoms with E-state index >= 15 is 0 Å². The Hall–Kier alpha value is -1.30. The normalized spacial score (nSPS) is 22.2. The number of aliphatic hydroxyl groups is 1. The van der Waals surface area contributed by atoms with E-state index in [1.165, 1.54) is 0 Å². The molecule has 0 aliphatic heterocycles. The number of carboxylic acids is 1. The number of carboxylic acid groups (broad SMARTS) is 1. The lowest BCUT2D eigenvalue weighted by Gasteiger charge is -2.25. The van der Waals surface area contributed by atoms with E-state index in [0.29, 0.717) is 19.4 Å². The number of amides is 2. The van der Waals surface area contributed by atoms with E-state index in [1.807, 2.05) is 6.92 Å². The molecule has 1 saturated carbocycles. The number of unbranched alkanes of at least 4 members (excludes halogenated alkanes) is 1. The summed E-state index contributed by atoms with van der Waals surface area (Å²) >= 11 is 0. The molecule has 0 aromatic carbocycles. The summed E-state index contributed by atoms with van der Waals surface area (Å²) < 4.78 is 0. The van der Waals surface area contributed by atoms with Crippen LogP contribution in [-0.2, 0) is 4.79 Å². The molecule has 2 atom stereocenters. The lowest BCUT2D eigenvalue weighted by molar-refractivity contribution is -0.142. The first kappa shape index (κ1) is 15.8. The van der Waals surface area contributed by atoms with Gasteiger partial charge in [0.15, 0.2) is 0 Å². The highest BCUT2D eigenvalue weighted by Gasteiger charge is 2.34. The van der Waals surface area contributed by atoms with Crippen LogP contribution in [0.3, 0.4) is 0 Å². The van der Waals surface area contributed by atoms with Gasteiger partial charge in [-0.1, -0.05) is 19.8 Å². The third-order valence-electron chi connectivity index (χ3n) is 3.58. The second-order valence-electron chi connectivity index (χ2n) is 5.00. The number of carbonyl (C=O) groups excluding carboxylic acids is 1. The zero-order valence-corrected chi connectivity index (χ0v) is 11.5. The summed E-state index contributed by atoms with van der Waals surface area (Å²) in [6, 6.07) is -0.548.